The molecule has 2 aromatic rings. The molecule has 1 aliphatic heterocycles. The van der Waals surface area contributed by atoms with E-state index in [2.05, 4.69) is 0 Å². The van der Waals surface area contributed by atoms with E-state index in [4.69, 9.17) is 21.1 Å². The highest BCUT2D eigenvalue weighted by molar-refractivity contribution is 6.35. The van der Waals surface area contributed by atoms with Crippen molar-refractivity contribution in [3.8, 4) is 0 Å². The molecule has 1 aromatic heterocycles. The number of likely N-dealkylation sites (tertiary alicyclic amines) is 1. The van der Waals surface area contributed by atoms with E-state index in [1.807, 2.05) is 19.1 Å². The lowest BCUT2D eigenvalue weighted by atomic mass is 9.97. The number of halogens is 1. The van der Waals surface area contributed by atoms with Crippen molar-refractivity contribution in [3.05, 3.63) is 34.5 Å². The molecule has 0 unspecified atom stereocenters. The number of carbonyl (C=O) groups excluding carboxylic acids is 1. The average Bonchev–Trinajstić information content (AvgIpc) is 2.85. The molecule has 0 radical (unpaired) electrons. The largest absolute Gasteiger partial charge is 0.481 e. The zero-order chi connectivity index (χ0) is 15.9. The van der Waals surface area contributed by atoms with Gasteiger partial charge in [0.25, 0.3) is 5.91 Å². The van der Waals surface area contributed by atoms with Gasteiger partial charge in [-0.1, -0.05) is 23.7 Å². The highest BCUT2D eigenvalue weighted by atomic mass is 35.5. The second-order valence-electron chi connectivity index (χ2n) is 5.58. The lowest BCUT2D eigenvalue weighted by molar-refractivity contribution is -0.143. The van der Waals surface area contributed by atoms with Crippen LogP contribution in [0.15, 0.2) is 22.6 Å². The van der Waals surface area contributed by atoms with Crippen molar-refractivity contribution >= 4 is 34.4 Å². The van der Waals surface area contributed by atoms with E-state index in [-0.39, 0.29) is 17.6 Å². The van der Waals surface area contributed by atoms with Crippen molar-refractivity contribution in [1.82, 2.24) is 4.90 Å². The number of benzene rings is 1. The molecule has 1 aliphatic rings. The van der Waals surface area contributed by atoms with Gasteiger partial charge in [0.2, 0.25) is 0 Å². The lowest BCUT2D eigenvalue weighted by Gasteiger charge is -2.29. The third-order valence-electron chi connectivity index (χ3n) is 4.24. The van der Waals surface area contributed by atoms with E-state index < -0.39 is 5.97 Å². The quantitative estimate of drug-likeness (QED) is 0.921. The van der Waals surface area contributed by atoms with E-state index in [1.165, 1.54) is 0 Å². The predicted octanol–water partition coefficient (Wildman–Crippen LogP) is 3.33. The van der Waals surface area contributed by atoms with Crippen LogP contribution in [0.25, 0.3) is 11.0 Å². The zero-order valence-electron chi connectivity index (χ0n) is 12.1. The van der Waals surface area contributed by atoms with Crippen LogP contribution in [0, 0.1) is 12.8 Å². The van der Waals surface area contributed by atoms with Gasteiger partial charge in [-0.3, -0.25) is 9.59 Å². The Morgan fingerprint density at radius 3 is 2.59 bits per heavy atom. The second-order valence-corrected chi connectivity index (χ2v) is 5.98. The Balaban J connectivity index is 1.86. The smallest absolute Gasteiger partial charge is 0.306 e. The molecule has 5 nitrogen and oxygen atoms in total. The Kier molecular flexibility index (Phi) is 3.83. The minimum Gasteiger partial charge on any atom is -0.481 e. The van der Waals surface area contributed by atoms with Crippen LogP contribution in [0.2, 0.25) is 5.02 Å². The van der Waals surface area contributed by atoms with Crippen LogP contribution >= 0.6 is 11.6 Å². The Morgan fingerprint density at radius 2 is 2.00 bits per heavy atom. The number of piperidine rings is 1. The lowest BCUT2D eigenvalue weighted by Crippen LogP contribution is -2.40. The van der Waals surface area contributed by atoms with E-state index in [1.54, 1.807) is 11.0 Å². The molecule has 22 heavy (non-hydrogen) atoms. The first-order valence-electron chi connectivity index (χ1n) is 7.18. The SMILES string of the molecule is Cc1c(C(=O)N2CCC(C(=O)O)CC2)oc2c(Cl)cccc12. The molecule has 1 aromatic carbocycles. The number of carboxylic acid groups (broad SMARTS) is 1. The minimum absolute atomic E-state index is 0.200. The Morgan fingerprint density at radius 1 is 1.32 bits per heavy atom. The third kappa shape index (κ3) is 2.46. The number of furan rings is 1. The zero-order valence-corrected chi connectivity index (χ0v) is 12.9. The van der Waals surface area contributed by atoms with Crippen molar-refractivity contribution in [3.63, 3.8) is 0 Å². The maximum atomic E-state index is 12.6. The fraction of sp³-hybridized carbons (Fsp3) is 0.375. The summed E-state index contributed by atoms with van der Waals surface area (Å²) in [6, 6.07) is 5.41. The maximum absolute atomic E-state index is 12.6. The summed E-state index contributed by atoms with van der Waals surface area (Å²) in [4.78, 5) is 25.2. The molecule has 1 saturated heterocycles. The first kappa shape index (κ1) is 14.9. The number of aryl methyl sites for hydroxylation is 1. The van der Waals surface area contributed by atoms with E-state index >= 15 is 0 Å². The van der Waals surface area contributed by atoms with Crippen molar-refractivity contribution in [2.24, 2.45) is 5.92 Å². The fourth-order valence-corrected chi connectivity index (χ4v) is 3.10. The Labute approximate surface area is 132 Å². The molecule has 116 valence electrons. The van der Waals surface area contributed by atoms with Crippen LogP contribution in [-0.2, 0) is 4.79 Å². The molecular formula is C16H16ClNO4. The van der Waals surface area contributed by atoms with Gasteiger partial charge in [-0.15, -0.1) is 0 Å². The number of amides is 1. The van der Waals surface area contributed by atoms with Gasteiger partial charge in [0.05, 0.1) is 10.9 Å². The van der Waals surface area contributed by atoms with Crippen molar-refractivity contribution in [2.45, 2.75) is 19.8 Å². The molecule has 6 heteroatoms. The first-order chi connectivity index (χ1) is 10.5. The first-order valence-corrected chi connectivity index (χ1v) is 7.56. The molecule has 1 amide bonds. The van der Waals surface area contributed by atoms with Gasteiger partial charge in [0.1, 0.15) is 0 Å². The van der Waals surface area contributed by atoms with Gasteiger partial charge in [-0.2, -0.15) is 0 Å². The number of hydrogen-bond acceptors (Lipinski definition) is 3. The van der Waals surface area contributed by atoms with Crippen molar-refractivity contribution in [1.29, 1.82) is 0 Å². The number of para-hydroxylation sites is 1. The van der Waals surface area contributed by atoms with Gasteiger partial charge in [-0.05, 0) is 25.8 Å². The standard InChI is InChI=1S/C16H16ClNO4/c1-9-11-3-2-4-12(17)14(11)22-13(9)15(19)18-7-5-10(6-8-18)16(20)21/h2-4,10H,5-8H2,1H3,(H,20,21). The van der Waals surface area contributed by atoms with Gasteiger partial charge >= 0.3 is 5.97 Å². The molecule has 2 heterocycles. The summed E-state index contributed by atoms with van der Waals surface area (Å²) in [7, 11) is 0. The van der Waals surface area contributed by atoms with E-state index in [0.717, 1.165) is 10.9 Å². The van der Waals surface area contributed by atoms with Gasteiger partial charge in [0, 0.05) is 24.0 Å². The monoisotopic (exact) mass is 321 g/mol. The Bertz CT molecular complexity index is 744. The number of aliphatic carboxylic acids is 1. The molecule has 0 bridgehead atoms. The van der Waals surface area contributed by atoms with Crippen LogP contribution in [-0.4, -0.2) is 35.0 Å². The number of carboxylic acids is 1. The molecule has 1 fully saturated rings. The average molecular weight is 322 g/mol. The number of hydrogen-bond donors (Lipinski definition) is 1. The molecule has 0 saturated carbocycles. The summed E-state index contributed by atoms with van der Waals surface area (Å²) in [5.74, 6) is -1.07. The van der Waals surface area contributed by atoms with Gasteiger partial charge < -0.3 is 14.4 Å². The van der Waals surface area contributed by atoms with Crippen LogP contribution in [0.1, 0.15) is 29.0 Å². The maximum Gasteiger partial charge on any atom is 0.306 e. The molecular weight excluding hydrogens is 306 g/mol. The number of rotatable bonds is 2. The third-order valence-corrected chi connectivity index (χ3v) is 4.54. The Hall–Kier alpha value is -2.01. The van der Waals surface area contributed by atoms with E-state index in [0.29, 0.717) is 36.5 Å². The summed E-state index contributed by atoms with van der Waals surface area (Å²) in [6.07, 6.45) is 0.947. The van der Waals surface area contributed by atoms with E-state index in [9.17, 15) is 9.59 Å². The summed E-state index contributed by atoms with van der Waals surface area (Å²) in [6.45, 7) is 2.69. The normalized spacial score (nSPS) is 16.2. The van der Waals surface area contributed by atoms with Crippen molar-refractivity contribution in [2.75, 3.05) is 13.1 Å². The number of carbonyl (C=O) groups is 2. The van der Waals surface area contributed by atoms with Crippen LogP contribution < -0.4 is 0 Å². The summed E-state index contributed by atoms with van der Waals surface area (Å²) >= 11 is 6.10. The second kappa shape index (κ2) is 5.65. The predicted molar refractivity (Wildman–Crippen MR) is 82.2 cm³/mol. The molecule has 0 atom stereocenters. The number of fused-ring (bicyclic) bond motifs is 1. The molecule has 3 rings (SSSR count). The fourth-order valence-electron chi connectivity index (χ4n) is 2.89. The minimum atomic E-state index is -0.793. The number of nitrogens with zero attached hydrogens (tertiary/aromatic N) is 1. The summed E-state index contributed by atoms with van der Waals surface area (Å²) in [5.41, 5.74) is 1.29. The molecule has 1 N–H and O–H groups in total. The topological polar surface area (TPSA) is 70.8 Å². The van der Waals surface area contributed by atoms with Gasteiger partial charge in [0.15, 0.2) is 11.3 Å². The summed E-state index contributed by atoms with van der Waals surface area (Å²) in [5, 5.41) is 10.3. The highest BCUT2D eigenvalue weighted by Gasteiger charge is 2.30. The van der Waals surface area contributed by atoms with Crippen LogP contribution in [0.3, 0.4) is 0 Å². The highest BCUT2D eigenvalue weighted by Crippen LogP contribution is 2.32. The van der Waals surface area contributed by atoms with Crippen LogP contribution in [0.5, 0.6) is 0 Å². The van der Waals surface area contributed by atoms with Crippen LogP contribution in [0.4, 0.5) is 0 Å². The molecule has 0 aliphatic carbocycles. The van der Waals surface area contributed by atoms with Gasteiger partial charge in [-0.25, -0.2) is 0 Å². The van der Waals surface area contributed by atoms with Crippen molar-refractivity contribution < 1.29 is 19.1 Å². The summed E-state index contributed by atoms with van der Waals surface area (Å²) < 4.78 is 5.68. The molecule has 0 spiro atoms.